The molecule has 2 N–H and O–H groups in total. The molecule has 2 aromatic rings. The Bertz CT molecular complexity index is 918. The molecule has 1 aromatic heterocycles. The number of rotatable bonds is 4. The van der Waals surface area contributed by atoms with Gasteiger partial charge in [0.1, 0.15) is 5.69 Å². The SMILES string of the molecule is Cc1cc(C(=O)N2CCC(C)CC2)ccc1NC(=O)c1cc(C(=O)O)ccn1. The second-order valence-corrected chi connectivity index (χ2v) is 7.19. The van der Waals surface area contributed by atoms with Crippen LogP contribution in [0.2, 0.25) is 0 Å². The molecule has 0 spiro atoms. The molecule has 0 atom stereocenters. The van der Waals surface area contributed by atoms with E-state index in [1.54, 1.807) is 18.2 Å². The zero-order valence-corrected chi connectivity index (χ0v) is 15.9. The molecule has 0 unspecified atom stereocenters. The molecule has 28 heavy (non-hydrogen) atoms. The van der Waals surface area contributed by atoms with Gasteiger partial charge < -0.3 is 15.3 Å². The fraction of sp³-hybridized carbons (Fsp3) is 0.333. The Kier molecular flexibility index (Phi) is 5.73. The van der Waals surface area contributed by atoms with Crippen molar-refractivity contribution in [2.75, 3.05) is 18.4 Å². The van der Waals surface area contributed by atoms with Gasteiger partial charge in [-0.3, -0.25) is 14.6 Å². The summed E-state index contributed by atoms with van der Waals surface area (Å²) in [5.41, 5.74) is 1.90. The molecule has 1 aliphatic heterocycles. The number of likely N-dealkylation sites (tertiary alicyclic amines) is 1. The predicted molar refractivity (Wildman–Crippen MR) is 105 cm³/mol. The van der Waals surface area contributed by atoms with Crippen LogP contribution in [0.15, 0.2) is 36.5 Å². The summed E-state index contributed by atoms with van der Waals surface area (Å²) in [5, 5.41) is 11.8. The number of benzene rings is 1. The summed E-state index contributed by atoms with van der Waals surface area (Å²) in [5.74, 6) is -0.974. The molecule has 1 aromatic carbocycles. The van der Waals surface area contributed by atoms with Gasteiger partial charge in [-0.2, -0.15) is 0 Å². The van der Waals surface area contributed by atoms with Crippen molar-refractivity contribution in [2.24, 2.45) is 5.92 Å². The molecule has 1 aliphatic rings. The topological polar surface area (TPSA) is 99.6 Å². The lowest BCUT2D eigenvalue weighted by Gasteiger charge is -2.30. The molecular formula is C21H23N3O4. The number of carboxylic acid groups (broad SMARTS) is 1. The maximum atomic E-state index is 12.7. The first-order valence-corrected chi connectivity index (χ1v) is 9.26. The van der Waals surface area contributed by atoms with E-state index in [0.717, 1.165) is 31.5 Å². The van der Waals surface area contributed by atoms with Crippen molar-refractivity contribution in [2.45, 2.75) is 26.7 Å². The zero-order valence-electron chi connectivity index (χ0n) is 15.9. The molecule has 3 rings (SSSR count). The standard InChI is InChI=1S/C21H23N3O4/c1-13-6-9-24(10-7-13)20(26)15-3-4-17(14(2)11-15)23-19(25)18-12-16(21(27)28)5-8-22-18/h3-5,8,11-13H,6-7,9-10H2,1-2H3,(H,23,25)(H,27,28). The minimum absolute atomic E-state index is 0.00343. The van der Waals surface area contributed by atoms with Gasteiger partial charge in [-0.15, -0.1) is 0 Å². The minimum Gasteiger partial charge on any atom is -0.478 e. The average Bonchev–Trinajstić information content (AvgIpc) is 2.69. The maximum Gasteiger partial charge on any atom is 0.335 e. The Balaban J connectivity index is 1.72. The minimum atomic E-state index is -1.12. The quantitative estimate of drug-likeness (QED) is 0.847. The van der Waals surface area contributed by atoms with Crippen molar-refractivity contribution in [1.82, 2.24) is 9.88 Å². The van der Waals surface area contributed by atoms with Crippen LogP contribution in [0.4, 0.5) is 5.69 Å². The zero-order chi connectivity index (χ0) is 20.3. The highest BCUT2D eigenvalue weighted by molar-refractivity contribution is 6.05. The first kappa shape index (κ1) is 19.5. The summed E-state index contributed by atoms with van der Waals surface area (Å²) in [4.78, 5) is 41.9. The molecule has 1 saturated heterocycles. The highest BCUT2D eigenvalue weighted by Gasteiger charge is 2.22. The fourth-order valence-corrected chi connectivity index (χ4v) is 3.21. The normalized spacial score (nSPS) is 14.6. The third-order valence-corrected chi connectivity index (χ3v) is 5.03. The van der Waals surface area contributed by atoms with Crippen LogP contribution < -0.4 is 5.32 Å². The van der Waals surface area contributed by atoms with Gasteiger partial charge >= 0.3 is 5.97 Å². The molecule has 0 saturated carbocycles. The molecule has 0 aliphatic carbocycles. The first-order chi connectivity index (χ1) is 13.3. The van der Waals surface area contributed by atoms with E-state index in [1.165, 1.54) is 18.3 Å². The largest absolute Gasteiger partial charge is 0.478 e. The smallest absolute Gasteiger partial charge is 0.335 e. The molecule has 0 bridgehead atoms. The number of aromatic nitrogens is 1. The van der Waals surface area contributed by atoms with Crippen LogP contribution in [-0.4, -0.2) is 45.9 Å². The summed E-state index contributed by atoms with van der Waals surface area (Å²) in [6.07, 6.45) is 3.31. The van der Waals surface area contributed by atoms with Crippen LogP contribution in [0, 0.1) is 12.8 Å². The molecule has 1 fully saturated rings. The Morgan fingerprint density at radius 2 is 1.82 bits per heavy atom. The number of hydrogen-bond donors (Lipinski definition) is 2. The van der Waals surface area contributed by atoms with E-state index in [2.05, 4.69) is 17.2 Å². The Morgan fingerprint density at radius 3 is 2.46 bits per heavy atom. The van der Waals surface area contributed by atoms with Crippen molar-refractivity contribution in [3.8, 4) is 0 Å². The van der Waals surface area contributed by atoms with Crippen LogP contribution in [0.25, 0.3) is 0 Å². The van der Waals surface area contributed by atoms with Crippen LogP contribution in [0.5, 0.6) is 0 Å². The maximum absolute atomic E-state index is 12.7. The monoisotopic (exact) mass is 381 g/mol. The number of nitrogens with one attached hydrogen (secondary N) is 1. The number of hydrogen-bond acceptors (Lipinski definition) is 4. The van der Waals surface area contributed by atoms with E-state index in [4.69, 9.17) is 5.11 Å². The molecule has 7 nitrogen and oxygen atoms in total. The number of aryl methyl sites for hydroxylation is 1. The molecule has 0 radical (unpaired) electrons. The number of amides is 2. The van der Waals surface area contributed by atoms with Gasteiger partial charge in [0.25, 0.3) is 11.8 Å². The third-order valence-electron chi connectivity index (χ3n) is 5.03. The van der Waals surface area contributed by atoms with Gasteiger partial charge in [0.05, 0.1) is 5.56 Å². The van der Waals surface area contributed by atoms with Gasteiger partial charge in [-0.25, -0.2) is 4.79 Å². The highest BCUT2D eigenvalue weighted by Crippen LogP contribution is 2.22. The number of anilines is 1. The number of carboxylic acids is 1. The first-order valence-electron chi connectivity index (χ1n) is 9.26. The van der Waals surface area contributed by atoms with Crippen molar-refractivity contribution in [1.29, 1.82) is 0 Å². The van der Waals surface area contributed by atoms with E-state index >= 15 is 0 Å². The van der Waals surface area contributed by atoms with Gasteiger partial charge in [-0.1, -0.05) is 6.92 Å². The molecule has 7 heteroatoms. The summed E-state index contributed by atoms with van der Waals surface area (Å²) in [6.45, 7) is 5.54. The number of pyridine rings is 1. The van der Waals surface area contributed by atoms with Crippen molar-refractivity contribution in [3.05, 3.63) is 58.9 Å². The number of carbonyl (C=O) groups is 3. The van der Waals surface area contributed by atoms with Crippen molar-refractivity contribution >= 4 is 23.5 Å². The summed E-state index contributed by atoms with van der Waals surface area (Å²) in [6, 6.07) is 7.70. The van der Waals surface area contributed by atoms with Crippen LogP contribution >= 0.6 is 0 Å². The Hall–Kier alpha value is -3.22. The molecule has 2 heterocycles. The summed E-state index contributed by atoms with van der Waals surface area (Å²) in [7, 11) is 0. The van der Waals surface area contributed by atoms with Gasteiger partial charge in [0.15, 0.2) is 0 Å². The lowest BCUT2D eigenvalue weighted by molar-refractivity contribution is 0.0688. The Labute approximate surface area is 163 Å². The van der Waals surface area contributed by atoms with E-state index in [1.807, 2.05) is 11.8 Å². The average molecular weight is 381 g/mol. The second kappa shape index (κ2) is 8.21. The Morgan fingerprint density at radius 1 is 1.11 bits per heavy atom. The number of piperidine rings is 1. The number of carbonyl (C=O) groups excluding carboxylic acids is 2. The van der Waals surface area contributed by atoms with Gasteiger partial charge in [0, 0.05) is 30.5 Å². The molecular weight excluding hydrogens is 358 g/mol. The molecule has 2 amide bonds. The van der Waals surface area contributed by atoms with E-state index in [9.17, 15) is 14.4 Å². The predicted octanol–water partition coefficient (Wildman–Crippen LogP) is 3.21. The number of aromatic carboxylic acids is 1. The third kappa shape index (κ3) is 4.36. The van der Waals surface area contributed by atoms with Crippen molar-refractivity contribution < 1.29 is 19.5 Å². The summed E-state index contributed by atoms with van der Waals surface area (Å²) < 4.78 is 0. The van der Waals surface area contributed by atoms with E-state index < -0.39 is 11.9 Å². The van der Waals surface area contributed by atoms with E-state index in [0.29, 0.717) is 17.2 Å². The van der Waals surface area contributed by atoms with E-state index in [-0.39, 0.29) is 17.2 Å². The highest BCUT2D eigenvalue weighted by atomic mass is 16.4. The summed E-state index contributed by atoms with van der Waals surface area (Å²) >= 11 is 0. The van der Waals surface area contributed by atoms with Gasteiger partial charge in [0.2, 0.25) is 0 Å². The van der Waals surface area contributed by atoms with Gasteiger partial charge in [-0.05, 0) is 61.6 Å². The lowest BCUT2D eigenvalue weighted by atomic mass is 9.98. The van der Waals surface area contributed by atoms with Crippen molar-refractivity contribution in [3.63, 3.8) is 0 Å². The number of nitrogens with zero attached hydrogens (tertiary/aromatic N) is 2. The lowest BCUT2D eigenvalue weighted by Crippen LogP contribution is -2.37. The second-order valence-electron chi connectivity index (χ2n) is 7.19. The van der Waals surface area contributed by atoms with Crippen LogP contribution in [0.3, 0.4) is 0 Å². The fourth-order valence-electron chi connectivity index (χ4n) is 3.21. The molecule has 146 valence electrons. The van der Waals surface area contributed by atoms with Crippen LogP contribution in [-0.2, 0) is 0 Å². The van der Waals surface area contributed by atoms with Crippen LogP contribution in [0.1, 0.15) is 56.5 Å².